The van der Waals surface area contributed by atoms with E-state index in [-0.39, 0.29) is 24.6 Å². The monoisotopic (exact) mass is 387 g/mol. The second-order valence-corrected chi connectivity index (χ2v) is 6.23. The molecule has 0 aliphatic carbocycles. The standard InChI is InChI=1S/C19H18FN3O5/c1-28-15-5-2-13(3-6-15)18(24)21-8-10-22(11-9-21)19(25)16-7-4-14(23(26)27)12-17(16)20/h2-7,12H,8-11H2,1H3. The van der Waals surface area contributed by atoms with Crippen LogP contribution >= 0.6 is 0 Å². The zero-order chi connectivity index (χ0) is 20.3. The number of rotatable bonds is 4. The summed E-state index contributed by atoms with van der Waals surface area (Å²) in [7, 11) is 1.54. The SMILES string of the molecule is COc1ccc(C(=O)N2CCN(C(=O)c3ccc([N+](=O)[O-])cc3F)CC2)cc1. The van der Waals surface area contributed by atoms with Gasteiger partial charge in [0.25, 0.3) is 17.5 Å². The number of nitro benzene ring substituents is 1. The summed E-state index contributed by atoms with van der Waals surface area (Å²) in [6, 6.07) is 9.69. The number of halogens is 1. The first-order valence-corrected chi connectivity index (χ1v) is 8.57. The van der Waals surface area contributed by atoms with E-state index in [1.165, 1.54) is 4.90 Å². The number of hydrogen-bond donors (Lipinski definition) is 0. The highest BCUT2D eigenvalue weighted by Gasteiger charge is 2.27. The van der Waals surface area contributed by atoms with Gasteiger partial charge in [0, 0.05) is 37.8 Å². The molecule has 0 aromatic heterocycles. The van der Waals surface area contributed by atoms with Crippen molar-refractivity contribution < 1.29 is 23.6 Å². The number of amides is 2. The van der Waals surface area contributed by atoms with Crippen molar-refractivity contribution in [1.29, 1.82) is 0 Å². The number of benzene rings is 2. The van der Waals surface area contributed by atoms with Gasteiger partial charge in [-0.15, -0.1) is 0 Å². The Morgan fingerprint density at radius 1 is 1.00 bits per heavy atom. The third-order valence-corrected chi connectivity index (χ3v) is 4.58. The maximum atomic E-state index is 14.1. The van der Waals surface area contributed by atoms with E-state index in [0.717, 1.165) is 18.2 Å². The fourth-order valence-corrected chi connectivity index (χ4v) is 2.99. The lowest BCUT2D eigenvalue weighted by molar-refractivity contribution is -0.385. The molecule has 1 aliphatic rings. The van der Waals surface area contributed by atoms with E-state index in [9.17, 15) is 24.1 Å². The normalized spacial score (nSPS) is 13.9. The Kier molecular flexibility index (Phi) is 5.53. The maximum Gasteiger partial charge on any atom is 0.272 e. The average molecular weight is 387 g/mol. The summed E-state index contributed by atoms with van der Waals surface area (Å²) in [4.78, 5) is 38.1. The summed E-state index contributed by atoms with van der Waals surface area (Å²) in [6.45, 7) is 1.12. The number of nitrogens with zero attached hydrogens (tertiary/aromatic N) is 3. The van der Waals surface area contributed by atoms with Crippen molar-refractivity contribution in [3.8, 4) is 5.75 Å². The molecule has 1 fully saturated rings. The Morgan fingerprint density at radius 2 is 1.57 bits per heavy atom. The number of nitro groups is 1. The lowest BCUT2D eigenvalue weighted by atomic mass is 10.1. The van der Waals surface area contributed by atoms with Gasteiger partial charge in [0.1, 0.15) is 11.6 Å². The van der Waals surface area contributed by atoms with Gasteiger partial charge in [-0.25, -0.2) is 4.39 Å². The minimum atomic E-state index is -0.934. The molecule has 0 radical (unpaired) electrons. The lowest BCUT2D eigenvalue weighted by Crippen LogP contribution is -2.50. The Morgan fingerprint density at radius 3 is 2.07 bits per heavy atom. The van der Waals surface area contributed by atoms with Crippen LogP contribution in [0.1, 0.15) is 20.7 Å². The van der Waals surface area contributed by atoms with Gasteiger partial charge in [0.05, 0.1) is 23.7 Å². The van der Waals surface area contributed by atoms with Crippen LogP contribution in [0, 0.1) is 15.9 Å². The molecule has 2 amide bonds. The Hall–Kier alpha value is -3.49. The van der Waals surface area contributed by atoms with Crippen LogP contribution in [0.3, 0.4) is 0 Å². The van der Waals surface area contributed by atoms with Crippen molar-refractivity contribution in [2.45, 2.75) is 0 Å². The predicted molar refractivity (Wildman–Crippen MR) is 97.9 cm³/mol. The summed E-state index contributed by atoms with van der Waals surface area (Å²) < 4.78 is 19.1. The molecule has 3 rings (SSSR count). The summed E-state index contributed by atoms with van der Waals surface area (Å²) in [5.41, 5.74) is -0.119. The first kappa shape index (κ1) is 19.3. The number of piperazine rings is 1. The Labute approximate surface area is 160 Å². The molecule has 28 heavy (non-hydrogen) atoms. The van der Waals surface area contributed by atoms with Crippen LogP contribution < -0.4 is 4.74 Å². The third-order valence-electron chi connectivity index (χ3n) is 4.58. The smallest absolute Gasteiger partial charge is 0.272 e. The highest BCUT2D eigenvalue weighted by Crippen LogP contribution is 2.19. The number of non-ortho nitro benzene ring substituents is 1. The summed E-state index contributed by atoms with van der Waals surface area (Å²) >= 11 is 0. The molecular weight excluding hydrogens is 369 g/mol. The van der Waals surface area contributed by atoms with E-state index >= 15 is 0 Å². The largest absolute Gasteiger partial charge is 0.497 e. The van der Waals surface area contributed by atoms with Gasteiger partial charge in [-0.2, -0.15) is 0 Å². The van der Waals surface area contributed by atoms with Gasteiger partial charge in [0.2, 0.25) is 0 Å². The number of hydrogen-bond acceptors (Lipinski definition) is 5. The average Bonchev–Trinajstić information content (AvgIpc) is 2.72. The van der Waals surface area contributed by atoms with Gasteiger partial charge in [-0.1, -0.05) is 0 Å². The second-order valence-electron chi connectivity index (χ2n) is 6.23. The molecule has 9 heteroatoms. The number of ether oxygens (including phenoxy) is 1. The van der Waals surface area contributed by atoms with Crippen molar-refractivity contribution in [2.24, 2.45) is 0 Å². The van der Waals surface area contributed by atoms with Crippen molar-refractivity contribution in [3.05, 3.63) is 69.5 Å². The molecule has 0 spiro atoms. The first-order chi connectivity index (χ1) is 13.4. The minimum Gasteiger partial charge on any atom is -0.497 e. The molecule has 2 aromatic carbocycles. The van der Waals surface area contributed by atoms with Gasteiger partial charge < -0.3 is 14.5 Å². The minimum absolute atomic E-state index is 0.156. The Balaban J connectivity index is 1.63. The summed E-state index contributed by atoms with van der Waals surface area (Å²) in [5.74, 6) is -0.992. The molecular formula is C19H18FN3O5. The van der Waals surface area contributed by atoms with Crippen molar-refractivity contribution in [2.75, 3.05) is 33.3 Å². The predicted octanol–water partition coefficient (Wildman–Crippen LogP) is 2.34. The van der Waals surface area contributed by atoms with Crippen LogP contribution in [0.4, 0.5) is 10.1 Å². The van der Waals surface area contributed by atoms with E-state index in [1.807, 2.05) is 0 Å². The van der Waals surface area contributed by atoms with Crippen LogP contribution in [0.25, 0.3) is 0 Å². The maximum absolute atomic E-state index is 14.1. The van der Waals surface area contributed by atoms with Gasteiger partial charge in [0.15, 0.2) is 0 Å². The van der Waals surface area contributed by atoms with Gasteiger partial charge >= 0.3 is 0 Å². The molecule has 0 bridgehead atoms. The highest BCUT2D eigenvalue weighted by molar-refractivity contribution is 5.96. The number of methoxy groups -OCH3 is 1. The first-order valence-electron chi connectivity index (χ1n) is 8.57. The van der Waals surface area contributed by atoms with Crippen molar-refractivity contribution >= 4 is 17.5 Å². The van der Waals surface area contributed by atoms with Gasteiger partial charge in [-0.05, 0) is 30.3 Å². The fraction of sp³-hybridized carbons (Fsp3) is 0.263. The molecule has 2 aromatic rings. The number of carbonyl (C=O) groups is 2. The van der Waals surface area contributed by atoms with Crippen molar-refractivity contribution in [3.63, 3.8) is 0 Å². The van der Waals surface area contributed by atoms with E-state index < -0.39 is 22.3 Å². The highest BCUT2D eigenvalue weighted by atomic mass is 19.1. The Bertz CT molecular complexity index is 908. The van der Waals surface area contributed by atoms with E-state index in [2.05, 4.69) is 0 Å². The second kappa shape index (κ2) is 8.03. The zero-order valence-corrected chi connectivity index (χ0v) is 15.1. The van der Waals surface area contributed by atoms with E-state index in [1.54, 1.807) is 36.3 Å². The molecule has 0 unspecified atom stereocenters. The van der Waals surface area contributed by atoms with Gasteiger partial charge in [-0.3, -0.25) is 19.7 Å². The van der Waals surface area contributed by atoms with Crippen LogP contribution in [0.15, 0.2) is 42.5 Å². The summed E-state index contributed by atoms with van der Waals surface area (Å²) in [6.07, 6.45) is 0. The van der Waals surface area contributed by atoms with Crippen LogP contribution in [-0.4, -0.2) is 59.8 Å². The third kappa shape index (κ3) is 3.93. The van der Waals surface area contributed by atoms with E-state index in [0.29, 0.717) is 24.4 Å². The topological polar surface area (TPSA) is 93.0 Å². The quantitative estimate of drug-likeness (QED) is 0.593. The summed E-state index contributed by atoms with van der Waals surface area (Å²) in [5, 5.41) is 10.7. The van der Waals surface area contributed by atoms with E-state index in [4.69, 9.17) is 4.74 Å². The molecule has 0 atom stereocenters. The number of carbonyl (C=O) groups excluding carboxylic acids is 2. The van der Waals surface area contributed by atoms with Crippen LogP contribution in [0.2, 0.25) is 0 Å². The zero-order valence-electron chi connectivity index (χ0n) is 15.1. The van der Waals surface area contributed by atoms with Crippen LogP contribution in [0.5, 0.6) is 5.75 Å². The molecule has 1 heterocycles. The molecule has 146 valence electrons. The van der Waals surface area contributed by atoms with Crippen LogP contribution in [-0.2, 0) is 0 Å². The molecule has 0 N–H and O–H groups in total. The molecule has 0 saturated carbocycles. The molecule has 1 aliphatic heterocycles. The molecule has 1 saturated heterocycles. The van der Waals surface area contributed by atoms with Crippen molar-refractivity contribution in [1.82, 2.24) is 9.80 Å². The lowest BCUT2D eigenvalue weighted by Gasteiger charge is -2.35. The molecule has 8 nitrogen and oxygen atoms in total. The fourth-order valence-electron chi connectivity index (χ4n) is 2.99.